The van der Waals surface area contributed by atoms with Crippen molar-refractivity contribution in [1.82, 2.24) is 4.98 Å². The van der Waals surface area contributed by atoms with Crippen LogP contribution < -0.4 is 10.1 Å². The molecule has 0 unspecified atom stereocenters. The Labute approximate surface area is 54.7 Å². The minimum absolute atomic E-state index is 1.05. The van der Waals surface area contributed by atoms with Crippen LogP contribution in [0.15, 0.2) is 12.5 Å². The van der Waals surface area contributed by atoms with Crippen LogP contribution in [0.2, 0.25) is 0 Å². The lowest BCUT2D eigenvalue weighted by molar-refractivity contribution is -0.646. The van der Waals surface area contributed by atoms with E-state index in [2.05, 4.69) is 17.3 Å². The standard InChI is InChI=1S/C6H11N3/c1-3-6-4-9(7-2)5-8-6/h4-5,7H,3H2,1-2H3/p+1. The van der Waals surface area contributed by atoms with Crippen molar-refractivity contribution in [2.45, 2.75) is 13.3 Å². The van der Waals surface area contributed by atoms with Crippen LogP contribution in [0, 0.1) is 0 Å². The first-order valence-electron chi connectivity index (χ1n) is 3.13. The highest BCUT2D eigenvalue weighted by molar-refractivity contribution is 4.87. The number of aromatic amines is 1. The SMILES string of the molecule is CCc1c[n+](NC)c[nH]1. The molecule has 0 saturated heterocycles. The van der Waals surface area contributed by atoms with Gasteiger partial charge in [0.05, 0.1) is 0 Å². The Balaban J connectivity index is 2.74. The van der Waals surface area contributed by atoms with Crippen molar-refractivity contribution >= 4 is 0 Å². The Bertz CT molecular complexity index is 162. The van der Waals surface area contributed by atoms with Crippen molar-refractivity contribution in [1.29, 1.82) is 0 Å². The molecule has 0 bridgehead atoms. The Morgan fingerprint density at radius 1 is 1.78 bits per heavy atom. The lowest BCUT2D eigenvalue weighted by atomic mass is 10.4. The van der Waals surface area contributed by atoms with Gasteiger partial charge in [-0.15, -0.1) is 4.68 Å². The predicted molar refractivity (Wildman–Crippen MR) is 35.7 cm³/mol. The molecule has 0 radical (unpaired) electrons. The number of aryl methyl sites for hydroxylation is 1. The molecule has 9 heavy (non-hydrogen) atoms. The van der Waals surface area contributed by atoms with Crippen LogP contribution in [-0.4, -0.2) is 12.0 Å². The second-order valence-electron chi connectivity index (χ2n) is 1.91. The monoisotopic (exact) mass is 126 g/mol. The van der Waals surface area contributed by atoms with E-state index in [1.165, 1.54) is 5.69 Å². The molecule has 0 fully saturated rings. The maximum Gasteiger partial charge on any atom is 0.265 e. The zero-order chi connectivity index (χ0) is 6.69. The Morgan fingerprint density at radius 3 is 2.89 bits per heavy atom. The summed E-state index contributed by atoms with van der Waals surface area (Å²) in [7, 11) is 1.88. The number of nitrogens with one attached hydrogen (secondary N) is 2. The molecule has 1 aromatic heterocycles. The Morgan fingerprint density at radius 2 is 2.56 bits per heavy atom. The molecular weight excluding hydrogens is 114 g/mol. The molecule has 0 aromatic carbocycles. The van der Waals surface area contributed by atoms with Gasteiger partial charge in [0.1, 0.15) is 5.69 Å². The summed E-state index contributed by atoms with van der Waals surface area (Å²) in [5, 5.41) is 0. The van der Waals surface area contributed by atoms with Crippen molar-refractivity contribution in [3.8, 4) is 0 Å². The van der Waals surface area contributed by atoms with E-state index in [1.54, 1.807) is 0 Å². The van der Waals surface area contributed by atoms with Crippen LogP contribution >= 0.6 is 0 Å². The third-order valence-electron chi connectivity index (χ3n) is 1.32. The lowest BCUT2D eigenvalue weighted by Crippen LogP contribution is -2.40. The minimum atomic E-state index is 1.05. The van der Waals surface area contributed by atoms with E-state index in [9.17, 15) is 0 Å². The predicted octanol–water partition coefficient (Wildman–Crippen LogP) is 0.0379. The number of aromatic nitrogens is 2. The number of nitrogens with zero attached hydrogens (tertiary/aromatic N) is 1. The van der Waals surface area contributed by atoms with E-state index in [0.29, 0.717) is 0 Å². The maximum atomic E-state index is 3.11. The fourth-order valence-electron chi connectivity index (χ4n) is 0.717. The molecule has 0 aliphatic carbocycles. The highest BCUT2D eigenvalue weighted by Crippen LogP contribution is 1.86. The zero-order valence-electron chi connectivity index (χ0n) is 5.81. The topological polar surface area (TPSA) is 31.7 Å². The first kappa shape index (κ1) is 6.13. The molecule has 3 heteroatoms. The van der Waals surface area contributed by atoms with E-state index in [0.717, 1.165) is 6.42 Å². The molecular formula is C6H12N3+. The third-order valence-corrected chi connectivity index (χ3v) is 1.32. The van der Waals surface area contributed by atoms with E-state index in [-0.39, 0.29) is 0 Å². The molecule has 2 N–H and O–H groups in total. The fraction of sp³-hybridized carbons (Fsp3) is 0.500. The van der Waals surface area contributed by atoms with Gasteiger partial charge >= 0.3 is 0 Å². The van der Waals surface area contributed by atoms with Crippen LogP contribution in [0.4, 0.5) is 0 Å². The number of imidazole rings is 1. The first-order valence-corrected chi connectivity index (χ1v) is 3.13. The molecule has 50 valence electrons. The van der Waals surface area contributed by atoms with Gasteiger partial charge in [-0.25, -0.2) is 4.98 Å². The number of H-pyrrole nitrogens is 1. The molecule has 0 saturated carbocycles. The van der Waals surface area contributed by atoms with Gasteiger partial charge in [-0.1, -0.05) is 6.92 Å². The van der Waals surface area contributed by atoms with Gasteiger partial charge in [0.15, 0.2) is 6.20 Å². The zero-order valence-corrected chi connectivity index (χ0v) is 5.81. The molecule has 1 rings (SSSR count). The van der Waals surface area contributed by atoms with E-state index in [4.69, 9.17) is 0 Å². The van der Waals surface area contributed by atoms with Gasteiger partial charge in [-0.2, -0.15) is 0 Å². The molecule has 1 heterocycles. The van der Waals surface area contributed by atoms with Crippen LogP contribution in [0.3, 0.4) is 0 Å². The first-order chi connectivity index (χ1) is 4.36. The van der Waals surface area contributed by atoms with Gasteiger partial charge in [-0.05, 0) is 0 Å². The molecule has 0 amide bonds. The van der Waals surface area contributed by atoms with Crippen molar-refractivity contribution < 1.29 is 4.68 Å². The van der Waals surface area contributed by atoms with Crippen molar-refractivity contribution in [2.24, 2.45) is 0 Å². The Hall–Kier alpha value is -0.990. The van der Waals surface area contributed by atoms with E-state index < -0.39 is 0 Å². The summed E-state index contributed by atoms with van der Waals surface area (Å²) in [6, 6.07) is 0. The summed E-state index contributed by atoms with van der Waals surface area (Å²) in [4.78, 5) is 3.11. The van der Waals surface area contributed by atoms with Gasteiger partial charge in [0.2, 0.25) is 0 Å². The van der Waals surface area contributed by atoms with Crippen LogP contribution in [0.1, 0.15) is 12.6 Å². The average molecular weight is 126 g/mol. The summed E-state index contributed by atoms with van der Waals surface area (Å²) in [6.07, 6.45) is 4.97. The molecule has 0 atom stereocenters. The second kappa shape index (κ2) is 2.53. The highest BCUT2D eigenvalue weighted by Gasteiger charge is 1.98. The summed E-state index contributed by atoms with van der Waals surface area (Å²) in [6.45, 7) is 2.12. The van der Waals surface area contributed by atoms with E-state index in [1.807, 2.05) is 24.2 Å². The highest BCUT2D eigenvalue weighted by atomic mass is 15.4. The fourth-order valence-corrected chi connectivity index (χ4v) is 0.717. The van der Waals surface area contributed by atoms with Gasteiger partial charge in [0, 0.05) is 13.5 Å². The second-order valence-corrected chi connectivity index (χ2v) is 1.91. The lowest BCUT2D eigenvalue weighted by Gasteiger charge is -1.85. The molecule has 0 aliphatic heterocycles. The molecule has 1 aromatic rings. The molecule has 3 nitrogen and oxygen atoms in total. The quantitative estimate of drug-likeness (QED) is 0.539. The van der Waals surface area contributed by atoms with Gasteiger partial charge < -0.3 is 0 Å². The van der Waals surface area contributed by atoms with Gasteiger partial charge in [0.25, 0.3) is 6.33 Å². The summed E-state index contributed by atoms with van der Waals surface area (Å²) in [5.74, 6) is 0. The van der Waals surface area contributed by atoms with Crippen molar-refractivity contribution in [3.63, 3.8) is 0 Å². The molecule has 0 spiro atoms. The number of rotatable bonds is 2. The molecule has 0 aliphatic rings. The number of hydrogen-bond acceptors (Lipinski definition) is 1. The van der Waals surface area contributed by atoms with Gasteiger partial charge in [-0.3, -0.25) is 5.43 Å². The smallest absolute Gasteiger partial charge is 0.259 e. The average Bonchev–Trinajstić information content (AvgIpc) is 2.34. The normalized spacial score (nSPS) is 9.56. The maximum absolute atomic E-state index is 3.11. The van der Waals surface area contributed by atoms with E-state index >= 15 is 0 Å². The van der Waals surface area contributed by atoms with Crippen molar-refractivity contribution in [2.75, 3.05) is 12.5 Å². The van der Waals surface area contributed by atoms with Crippen LogP contribution in [-0.2, 0) is 6.42 Å². The van der Waals surface area contributed by atoms with Crippen LogP contribution in [0.25, 0.3) is 0 Å². The summed E-state index contributed by atoms with van der Waals surface area (Å²) >= 11 is 0. The largest absolute Gasteiger partial charge is 0.265 e. The summed E-state index contributed by atoms with van der Waals surface area (Å²) < 4.78 is 1.89. The summed E-state index contributed by atoms with van der Waals surface area (Å²) in [5.41, 5.74) is 4.21. The third kappa shape index (κ3) is 1.22. The van der Waals surface area contributed by atoms with Crippen molar-refractivity contribution in [3.05, 3.63) is 18.2 Å². The minimum Gasteiger partial charge on any atom is -0.259 e. The Kier molecular flexibility index (Phi) is 1.72. The number of hydrogen-bond donors (Lipinski definition) is 2. The van der Waals surface area contributed by atoms with Crippen LogP contribution in [0.5, 0.6) is 0 Å².